The van der Waals surface area contributed by atoms with Gasteiger partial charge in [0.05, 0.1) is 4.92 Å². The molecule has 0 amide bonds. The quantitative estimate of drug-likeness (QED) is 0.592. The molecule has 2 aromatic carbocycles. The minimum absolute atomic E-state index is 0.0508. The Bertz CT molecular complexity index is 810. The number of hydrogen-bond acceptors (Lipinski definition) is 4. The van der Waals surface area contributed by atoms with Gasteiger partial charge in [-0.15, -0.1) is 0 Å². The fourth-order valence-electron chi connectivity index (χ4n) is 2.28. The first-order chi connectivity index (χ1) is 10.6. The second kappa shape index (κ2) is 5.69. The zero-order chi connectivity index (χ0) is 15.5. The number of nitro benzene ring substituents is 1. The van der Waals surface area contributed by atoms with E-state index in [-0.39, 0.29) is 11.4 Å². The molecule has 0 spiro atoms. The van der Waals surface area contributed by atoms with Crippen LogP contribution in [0.4, 0.5) is 5.69 Å². The highest BCUT2D eigenvalue weighted by atomic mass is 16.6. The summed E-state index contributed by atoms with van der Waals surface area (Å²) in [4.78, 5) is 14.6. The fourth-order valence-corrected chi connectivity index (χ4v) is 2.28. The number of rotatable bonds is 4. The van der Waals surface area contributed by atoms with E-state index >= 15 is 0 Å². The average Bonchev–Trinajstić information content (AvgIpc) is 2.95. The summed E-state index contributed by atoms with van der Waals surface area (Å²) in [5, 5.41) is 20.2. The van der Waals surface area contributed by atoms with Crippen LogP contribution in [0.1, 0.15) is 5.56 Å². The lowest BCUT2D eigenvalue weighted by Gasteiger charge is -2.08. The number of phenolic OH excluding ortho intramolecular Hbond substituents is 1. The lowest BCUT2D eigenvalue weighted by atomic mass is 10.1. The van der Waals surface area contributed by atoms with Gasteiger partial charge in [0.2, 0.25) is 0 Å². The molecule has 3 rings (SSSR count). The van der Waals surface area contributed by atoms with Crippen LogP contribution in [0.5, 0.6) is 5.75 Å². The molecule has 0 aliphatic rings. The summed E-state index contributed by atoms with van der Waals surface area (Å²) in [6.07, 6.45) is 3.51. The van der Waals surface area contributed by atoms with Crippen LogP contribution in [-0.2, 0) is 6.54 Å². The highest BCUT2D eigenvalue weighted by molar-refractivity contribution is 5.58. The Kier molecular flexibility index (Phi) is 3.57. The molecule has 1 heterocycles. The van der Waals surface area contributed by atoms with E-state index in [9.17, 15) is 15.2 Å². The van der Waals surface area contributed by atoms with Gasteiger partial charge in [-0.25, -0.2) is 4.98 Å². The number of non-ortho nitro benzene ring substituents is 1. The third-order valence-electron chi connectivity index (χ3n) is 3.32. The van der Waals surface area contributed by atoms with Gasteiger partial charge in [0.1, 0.15) is 11.6 Å². The van der Waals surface area contributed by atoms with Crippen molar-refractivity contribution in [3.8, 4) is 17.1 Å². The fraction of sp³-hybridized carbons (Fsp3) is 0.0625. The van der Waals surface area contributed by atoms with Crippen molar-refractivity contribution < 1.29 is 10.0 Å². The lowest BCUT2D eigenvalue weighted by molar-refractivity contribution is -0.384. The zero-order valence-electron chi connectivity index (χ0n) is 11.6. The lowest BCUT2D eigenvalue weighted by Crippen LogP contribution is -2.01. The second-order valence-corrected chi connectivity index (χ2v) is 4.85. The van der Waals surface area contributed by atoms with E-state index in [0.717, 1.165) is 17.0 Å². The molecule has 0 saturated heterocycles. The van der Waals surface area contributed by atoms with Crippen molar-refractivity contribution in [2.45, 2.75) is 6.54 Å². The van der Waals surface area contributed by atoms with E-state index in [4.69, 9.17) is 0 Å². The molecule has 22 heavy (non-hydrogen) atoms. The van der Waals surface area contributed by atoms with Crippen LogP contribution in [0.2, 0.25) is 0 Å². The number of nitrogens with zero attached hydrogens (tertiary/aromatic N) is 3. The van der Waals surface area contributed by atoms with E-state index in [2.05, 4.69) is 4.98 Å². The molecule has 1 N–H and O–H groups in total. The van der Waals surface area contributed by atoms with E-state index in [0.29, 0.717) is 6.54 Å². The summed E-state index contributed by atoms with van der Waals surface area (Å²) in [5.41, 5.74) is 1.80. The van der Waals surface area contributed by atoms with E-state index in [1.807, 2.05) is 16.8 Å². The topological polar surface area (TPSA) is 81.2 Å². The van der Waals surface area contributed by atoms with E-state index < -0.39 is 4.92 Å². The van der Waals surface area contributed by atoms with Crippen molar-refractivity contribution in [1.29, 1.82) is 0 Å². The summed E-state index contributed by atoms with van der Waals surface area (Å²) in [7, 11) is 0. The predicted octanol–water partition coefficient (Wildman–Crippen LogP) is 3.21. The molecule has 0 unspecified atom stereocenters. The van der Waals surface area contributed by atoms with Gasteiger partial charge in [0.25, 0.3) is 5.69 Å². The molecule has 0 saturated carbocycles. The van der Waals surface area contributed by atoms with Crippen LogP contribution in [-0.4, -0.2) is 19.6 Å². The van der Waals surface area contributed by atoms with E-state index in [1.54, 1.807) is 36.5 Å². The molecule has 0 bridgehead atoms. The van der Waals surface area contributed by atoms with Crippen LogP contribution < -0.4 is 0 Å². The maximum Gasteiger partial charge on any atom is 0.269 e. The molecule has 6 nitrogen and oxygen atoms in total. The standard InChI is InChI=1S/C16H13N3O3/c20-15-3-1-2-12(10-15)11-18-9-8-17-16(18)13-4-6-14(7-5-13)19(21)22/h1-10,20H,11H2. The number of phenols is 1. The summed E-state index contributed by atoms with van der Waals surface area (Å²) in [5.74, 6) is 0.938. The number of imidazole rings is 1. The van der Waals surface area contributed by atoms with Crippen molar-refractivity contribution in [3.05, 3.63) is 76.6 Å². The van der Waals surface area contributed by atoms with Gasteiger partial charge < -0.3 is 9.67 Å². The maximum atomic E-state index is 10.7. The third-order valence-corrected chi connectivity index (χ3v) is 3.32. The molecule has 0 aliphatic heterocycles. The first-order valence-electron chi connectivity index (χ1n) is 6.67. The normalized spacial score (nSPS) is 10.5. The number of benzene rings is 2. The zero-order valence-corrected chi connectivity index (χ0v) is 11.6. The van der Waals surface area contributed by atoms with Crippen molar-refractivity contribution >= 4 is 5.69 Å². The van der Waals surface area contributed by atoms with Crippen LogP contribution >= 0.6 is 0 Å². The minimum Gasteiger partial charge on any atom is -0.508 e. The second-order valence-electron chi connectivity index (χ2n) is 4.85. The van der Waals surface area contributed by atoms with Crippen molar-refractivity contribution in [3.63, 3.8) is 0 Å². The Balaban J connectivity index is 1.90. The van der Waals surface area contributed by atoms with E-state index in [1.165, 1.54) is 12.1 Å². The SMILES string of the molecule is O=[N+]([O-])c1ccc(-c2nccn2Cc2cccc(O)c2)cc1. The number of nitro groups is 1. The summed E-state index contributed by atoms with van der Waals surface area (Å²) in [6.45, 7) is 0.556. The molecule has 0 radical (unpaired) electrons. The van der Waals surface area contributed by atoms with Gasteiger partial charge in [-0.05, 0) is 29.8 Å². The molecule has 0 aliphatic carbocycles. The Morgan fingerprint density at radius 2 is 1.95 bits per heavy atom. The van der Waals surface area contributed by atoms with Gasteiger partial charge in [0, 0.05) is 36.6 Å². The first-order valence-corrected chi connectivity index (χ1v) is 6.67. The Labute approximate surface area is 126 Å². The Morgan fingerprint density at radius 1 is 1.18 bits per heavy atom. The molecule has 0 fully saturated rings. The molecule has 6 heteroatoms. The summed E-state index contributed by atoms with van der Waals surface area (Å²) < 4.78 is 1.93. The maximum absolute atomic E-state index is 10.7. The van der Waals surface area contributed by atoms with Crippen molar-refractivity contribution in [1.82, 2.24) is 9.55 Å². The monoisotopic (exact) mass is 295 g/mol. The van der Waals surface area contributed by atoms with Gasteiger partial charge in [-0.1, -0.05) is 12.1 Å². The van der Waals surface area contributed by atoms with Crippen LogP contribution in [0.25, 0.3) is 11.4 Å². The Hall–Kier alpha value is -3.15. The number of aromatic nitrogens is 2. The third kappa shape index (κ3) is 2.80. The molecule has 110 valence electrons. The predicted molar refractivity (Wildman–Crippen MR) is 81.5 cm³/mol. The van der Waals surface area contributed by atoms with Gasteiger partial charge in [-0.3, -0.25) is 10.1 Å². The molecular weight excluding hydrogens is 282 g/mol. The smallest absolute Gasteiger partial charge is 0.269 e. The highest BCUT2D eigenvalue weighted by Crippen LogP contribution is 2.22. The van der Waals surface area contributed by atoms with Gasteiger partial charge in [0.15, 0.2) is 0 Å². The number of hydrogen-bond donors (Lipinski definition) is 1. The van der Waals surface area contributed by atoms with Gasteiger partial charge >= 0.3 is 0 Å². The van der Waals surface area contributed by atoms with Gasteiger partial charge in [-0.2, -0.15) is 0 Å². The van der Waals surface area contributed by atoms with Crippen molar-refractivity contribution in [2.24, 2.45) is 0 Å². The Morgan fingerprint density at radius 3 is 2.64 bits per heavy atom. The molecule has 1 aromatic heterocycles. The molecular formula is C16H13N3O3. The van der Waals surface area contributed by atoms with Crippen LogP contribution in [0, 0.1) is 10.1 Å². The molecule has 3 aromatic rings. The minimum atomic E-state index is -0.428. The largest absolute Gasteiger partial charge is 0.508 e. The number of aromatic hydroxyl groups is 1. The van der Waals surface area contributed by atoms with Crippen LogP contribution in [0.3, 0.4) is 0 Å². The van der Waals surface area contributed by atoms with Crippen molar-refractivity contribution in [2.75, 3.05) is 0 Å². The van der Waals surface area contributed by atoms with Crippen LogP contribution in [0.15, 0.2) is 60.9 Å². The molecule has 0 atom stereocenters. The summed E-state index contributed by atoms with van der Waals surface area (Å²) in [6, 6.07) is 13.3. The average molecular weight is 295 g/mol. The highest BCUT2D eigenvalue weighted by Gasteiger charge is 2.09. The first kappa shape index (κ1) is 13.8. The summed E-state index contributed by atoms with van der Waals surface area (Å²) >= 11 is 0.